The van der Waals surface area contributed by atoms with Crippen molar-refractivity contribution in [3.63, 3.8) is 0 Å². The van der Waals surface area contributed by atoms with Crippen LogP contribution in [0.25, 0.3) is 0 Å². The fourth-order valence-electron chi connectivity index (χ4n) is 2.62. The molecule has 3 heteroatoms. The molecule has 0 aromatic heterocycles. The lowest BCUT2D eigenvalue weighted by Gasteiger charge is -2.30. The van der Waals surface area contributed by atoms with Crippen LogP contribution in [0.1, 0.15) is 30.9 Å². The molecule has 18 heavy (non-hydrogen) atoms. The smallest absolute Gasteiger partial charge is 0.231 e. The van der Waals surface area contributed by atoms with Crippen molar-refractivity contribution >= 4 is 5.91 Å². The number of nitrogens with one attached hydrogen (secondary N) is 1. The summed E-state index contributed by atoms with van der Waals surface area (Å²) in [5, 5.41) is 3.33. The summed E-state index contributed by atoms with van der Waals surface area (Å²) in [7, 11) is 1.90. The molecule has 1 heterocycles. The van der Waals surface area contributed by atoms with Crippen LogP contribution in [-0.2, 0) is 11.3 Å². The van der Waals surface area contributed by atoms with Gasteiger partial charge in [0.2, 0.25) is 5.91 Å². The van der Waals surface area contributed by atoms with Gasteiger partial charge in [0.1, 0.15) is 0 Å². The Kier molecular flexibility index (Phi) is 4.02. The zero-order valence-corrected chi connectivity index (χ0v) is 11.4. The number of carbonyl (C=O) groups excluding carboxylic acids is 1. The number of rotatable bonds is 3. The summed E-state index contributed by atoms with van der Waals surface area (Å²) in [5.41, 5.74) is 2.44. The molecule has 1 unspecified atom stereocenters. The Balaban J connectivity index is 2.17. The second-order valence-corrected chi connectivity index (χ2v) is 5.49. The topological polar surface area (TPSA) is 32.3 Å². The van der Waals surface area contributed by atoms with Crippen molar-refractivity contribution in [2.24, 2.45) is 5.92 Å². The Morgan fingerprint density at radius 1 is 1.44 bits per heavy atom. The summed E-state index contributed by atoms with van der Waals surface area (Å²) in [5.74, 6) is 0.702. The Morgan fingerprint density at radius 3 is 2.89 bits per heavy atom. The van der Waals surface area contributed by atoms with Crippen molar-refractivity contribution in [3.8, 4) is 0 Å². The highest BCUT2D eigenvalue weighted by Crippen LogP contribution is 2.25. The van der Waals surface area contributed by atoms with Crippen molar-refractivity contribution in [2.75, 3.05) is 20.1 Å². The summed E-state index contributed by atoms with van der Waals surface area (Å²) in [6.07, 6.45) is 0. The molecule has 1 aliphatic heterocycles. The molecule has 1 amide bonds. The van der Waals surface area contributed by atoms with Gasteiger partial charge in [0.15, 0.2) is 0 Å². The van der Waals surface area contributed by atoms with E-state index in [4.69, 9.17) is 0 Å². The fourth-order valence-corrected chi connectivity index (χ4v) is 2.62. The third-order valence-corrected chi connectivity index (χ3v) is 3.41. The predicted octanol–water partition coefficient (Wildman–Crippen LogP) is 1.99. The van der Waals surface area contributed by atoms with Gasteiger partial charge in [0.05, 0.1) is 5.92 Å². The van der Waals surface area contributed by atoms with Gasteiger partial charge in [0, 0.05) is 26.7 Å². The zero-order chi connectivity index (χ0) is 13.1. The molecular weight excluding hydrogens is 224 g/mol. The van der Waals surface area contributed by atoms with E-state index in [1.807, 2.05) is 24.1 Å². The van der Waals surface area contributed by atoms with Gasteiger partial charge in [-0.2, -0.15) is 0 Å². The van der Waals surface area contributed by atoms with Crippen molar-refractivity contribution in [2.45, 2.75) is 26.3 Å². The highest BCUT2D eigenvalue weighted by Gasteiger charge is 2.28. The monoisotopic (exact) mass is 246 g/mol. The molecule has 0 saturated heterocycles. The van der Waals surface area contributed by atoms with Gasteiger partial charge in [-0.1, -0.05) is 38.1 Å². The maximum Gasteiger partial charge on any atom is 0.231 e. The van der Waals surface area contributed by atoms with Crippen LogP contribution in [0.15, 0.2) is 24.3 Å². The first kappa shape index (κ1) is 13.1. The predicted molar refractivity (Wildman–Crippen MR) is 73.4 cm³/mol. The van der Waals surface area contributed by atoms with E-state index in [0.717, 1.165) is 19.6 Å². The normalized spacial score (nSPS) is 18.6. The van der Waals surface area contributed by atoms with Gasteiger partial charge in [-0.25, -0.2) is 0 Å². The molecule has 1 aromatic carbocycles. The number of likely N-dealkylation sites (N-methyl/N-ethyl adjacent to an activating group) is 1. The van der Waals surface area contributed by atoms with Crippen molar-refractivity contribution in [1.29, 1.82) is 0 Å². The summed E-state index contributed by atoms with van der Waals surface area (Å²) in [6.45, 7) is 6.71. The minimum Gasteiger partial charge on any atom is -0.345 e. The first-order chi connectivity index (χ1) is 8.59. The quantitative estimate of drug-likeness (QED) is 0.884. The minimum atomic E-state index is -0.0290. The summed E-state index contributed by atoms with van der Waals surface area (Å²) < 4.78 is 0. The Labute approximate surface area is 109 Å². The molecule has 1 aromatic rings. The van der Waals surface area contributed by atoms with Crippen LogP contribution in [0.4, 0.5) is 0 Å². The third kappa shape index (κ3) is 2.72. The number of nitrogens with zero attached hydrogens (tertiary/aromatic N) is 1. The Bertz CT molecular complexity index is 428. The molecule has 0 bridgehead atoms. The summed E-state index contributed by atoms with van der Waals surface area (Å²) >= 11 is 0. The van der Waals surface area contributed by atoms with Gasteiger partial charge < -0.3 is 10.2 Å². The standard InChI is InChI=1S/C15H22N2O/c1-11(2)10-17(3)15(18)14-9-16-8-12-6-4-5-7-13(12)14/h4-7,11,14,16H,8-10H2,1-3H3. The van der Waals surface area contributed by atoms with Crippen LogP contribution in [0.3, 0.4) is 0 Å². The van der Waals surface area contributed by atoms with Crippen molar-refractivity contribution < 1.29 is 4.79 Å². The third-order valence-electron chi connectivity index (χ3n) is 3.41. The van der Waals surface area contributed by atoms with Crippen LogP contribution in [-0.4, -0.2) is 30.9 Å². The molecule has 0 fully saturated rings. The molecular formula is C15H22N2O. The second kappa shape index (κ2) is 5.53. The average Bonchev–Trinajstić information content (AvgIpc) is 2.36. The SMILES string of the molecule is CC(C)CN(C)C(=O)C1CNCc2ccccc21. The molecule has 2 rings (SSSR count). The van der Waals surface area contributed by atoms with Gasteiger partial charge in [0.25, 0.3) is 0 Å². The van der Waals surface area contributed by atoms with Crippen LogP contribution in [0, 0.1) is 5.92 Å². The number of carbonyl (C=O) groups is 1. The van der Waals surface area contributed by atoms with E-state index in [-0.39, 0.29) is 11.8 Å². The Morgan fingerprint density at radius 2 is 2.17 bits per heavy atom. The van der Waals surface area contributed by atoms with Crippen LogP contribution >= 0.6 is 0 Å². The molecule has 1 aliphatic rings. The lowest BCUT2D eigenvalue weighted by molar-refractivity contribution is -0.132. The second-order valence-electron chi connectivity index (χ2n) is 5.49. The summed E-state index contributed by atoms with van der Waals surface area (Å²) in [6, 6.07) is 8.24. The number of fused-ring (bicyclic) bond motifs is 1. The molecule has 0 saturated carbocycles. The van der Waals surface area contributed by atoms with E-state index in [2.05, 4.69) is 31.3 Å². The molecule has 1 N–H and O–H groups in total. The minimum absolute atomic E-state index is 0.0290. The molecule has 98 valence electrons. The number of benzene rings is 1. The van der Waals surface area contributed by atoms with E-state index < -0.39 is 0 Å². The Hall–Kier alpha value is -1.35. The molecule has 0 aliphatic carbocycles. The fraction of sp³-hybridized carbons (Fsp3) is 0.533. The average molecular weight is 246 g/mol. The van der Waals surface area contributed by atoms with Crippen LogP contribution in [0.2, 0.25) is 0 Å². The first-order valence-corrected chi connectivity index (χ1v) is 6.63. The van der Waals surface area contributed by atoms with E-state index in [1.54, 1.807) is 0 Å². The van der Waals surface area contributed by atoms with Gasteiger partial charge in [-0.05, 0) is 17.0 Å². The molecule has 0 spiro atoms. The lowest BCUT2D eigenvalue weighted by Crippen LogP contribution is -2.41. The highest BCUT2D eigenvalue weighted by atomic mass is 16.2. The summed E-state index contributed by atoms with van der Waals surface area (Å²) in [4.78, 5) is 14.3. The van der Waals surface area contributed by atoms with Gasteiger partial charge in [-0.15, -0.1) is 0 Å². The van der Waals surface area contributed by atoms with Gasteiger partial charge in [-0.3, -0.25) is 4.79 Å². The maximum absolute atomic E-state index is 12.5. The van der Waals surface area contributed by atoms with E-state index >= 15 is 0 Å². The largest absolute Gasteiger partial charge is 0.345 e. The van der Waals surface area contributed by atoms with Crippen LogP contribution < -0.4 is 5.32 Å². The van der Waals surface area contributed by atoms with Crippen molar-refractivity contribution in [1.82, 2.24) is 10.2 Å². The number of hydrogen-bond donors (Lipinski definition) is 1. The van der Waals surface area contributed by atoms with Crippen molar-refractivity contribution in [3.05, 3.63) is 35.4 Å². The first-order valence-electron chi connectivity index (χ1n) is 6.63. The molecule has 0 radical (unpaired) electrons. The van der Waals surface area contributed by atoms with Gasteiger partial charge >= 0.3 is 0 Å². The molecule has 1 atom stereocenters. The highest BCUT2D eigenvalue weighted by molar-refractivity contribution is 5.84. The number of amides is 1. The van der Waals surface area contributed by atoms with Crippen LogP contribution in [0.5, 0.6) is 0 Å². The number of hydrogen-bond acceptors (Lipinski definition) is 2. The molecule has 3 nitrogen and oxygen atoms in total. The maximum atomic E-state index is 12.5. The van der Waals surface area contributed by atoms with E-state index in [1.165, 1.54) is 11.1 Å². The van der Waals surface area contributed by atoms with E-state index in [0.29, 0.717) is 5.92 Å². The lowest BCUT2D eigenvalue weighted by atomic mass is 9.90. The zero-order valence-electron chi connectivity index (χ0n) is 11.4. The van der Waals surface area contributed by atoms with E-state index in [9.17, 15) is 4.79 Å².